The summed E-state index contributed by atoms with van der Waals surface area (Å²) in [6.45, 7) is 2.08. The van der Waals surface area contributed by atoms with Gasteiger partial charge < -0.3 is 19.2 Å². The van der Waals surface area contributed by atoms with Crippen molar-refractivity contribution >= 4 is 34.9 Å². The van der Waals surface area contributed by atoms with Crippen molar-refractivity contribution in [2.75, 3.05) is 23.3 Å². The van der Waals surface area contributed by atoms with Gasteiger partial charge in [0.05, 0.1) is 17.2 Å². The van der Waals surface area contributed by atoms with Crippen molar-refractivity contribution in [1.29, 1.82) is 0 Å². The van der Waals surface area contributed by atoms with E-state index < -0.39 is 23.6 Å². The number of rotatable bonds is 6. The molecule has 1 aliphatic rings. The van der Waals surface area contributed by atoms with Crippen LogP contribution in [0.3, 0.4) is 0 Å². The minimum absolute atomic E-state index is 0.0105. The van der Waals surface area contributed by atoms with Crippen molar-refractivity contribution in [1.82, 2.24) is 15.0 Å². The van der Waals surface area contributed by atoms with Gasteiger partial charge in [0.1, 0.15) is 0 Å². The fourth-order valence-corrected chi connectivity index (χ4v) is 4.23. The van der Waals surface area contributed by atoms with Gasteiger partial charge in [-0.3, -0.25) is 14.9 Å². The lowest BCUT2D eigenvalue weighted by Gasteiger charge is -2.30. The number of fused-ring (bicyclic) bond motifs is 1. The smallest absolute Gasteiger partial charge is 0.416 e. The number of aromatic nitrogens is 3. The molecule has 0 saturated carbocycles. The number of amides is 1. The number of hydrogen-bond donors (Lipinski definition) is 2. The number of carboxylic acids is 1. The van der Waals surface area contributed by atoms with E-state index in [1.807, 2.05) is 4.90 Å². The van der Waals surface area contributed by atoms with Crippen molar-refractivity contribution in [3.05, 3.63) is 54.1 Å². The van der Waals surface area contributed by atoms with Crippen LogP contribution in [0.2, 0.25) is 0 Å². The van der Waals surface area contributed by atoms with Gasteiger partial charge in [-0.1, -0.05) is 18.2 Å². The van der Waals surface area contributed by atoms with Crippen molar-refractivity contribution in [3.63, 3.8) is 0 Å². The van der Waals surface area contributed by atoms with E-state index in [0.29, 0.717) is 48.3 Å². The van der Waals surface area contributed by atoms with E-state index in [1.165, 1.54) is 25.1 Å². The van der Waals surface area contributed by atoms with Crippen LogP contribution >= 0.6 is 0 Å². The fraction of sp³-hybridized carbons (Fsp3) is 0.269. The molecule has 0 atom stereocenters. The summed E-state index contributed by atoms with van der Waals surface area (Å²) >= 11 is 0. The number of carbonyl (C=O) groups excluding carboxylic acids is 1. The topological polar surface area (TPSA) is 131 Å². The van der Waals surface area contributed by atoms with E-state index in [-0.39, 0.29) is 29.5 Å². The van der Waals surface area contributed by atoms with Gasteiger partial charge >= 0.3 is 18.2 Å². The molecule has 4 aromatic rings. The van der Waals surface area contributed by atoms with Crippen LogP contribution in [0.4, 0.5) is 25.1 Å². The summed E-state index contributed by atoms with van der Waals surface area (Å²) in [5.74, 6) is -1.10. The monoisotopic (exact) mass is 541 g/mol. The molecule has 13 heteroatoms. The number of aliphatic carboxylic acids is 1. The minimum atomic E-state index is -4.48. The van der Waals surface area contributed by atoms with Crippen LogP contribution in [-0.4, -0.2) is 45.0 Å². The average molecular weight is 541 g/mol. The molecule has 1 aliphatic heterocycles. The number of nitrogens with zero attached hydrogens (tertiary/aromatic N) is 4. The lowest BCUT2D eigenvalue weighted by atomic mass is 9.97. The lowest BCUT2D eigenvalue weighted by Crippen LogP contribution is -2.37. The Morgan fingerprint density at radius 1 is 1.08 bits per heavy atom. The van der Waals surface area contributed by atoms with E-state index in [1.54, 1.807) is 18.2 Å². The summed E-state index contributed by atoms with van der Waals surface area (Å²) < 4.78 is 50.9. The highest BCUT2D eigenvalue weighted by Crippen LogP contribution is 2.35. The van der Waals surface area contributed by atoms with Crippen LogP contribution in [0.5, 0.6) is 11.6 Å². The molecule has 2 aromatic heterocycles. The highest BCUT2D eigenvalue weighted by atomic mass is 19.4. The number of alkyl halides is 3. The molecule has 0 unspecified atom stereocenters. The molecule has 0 spiro atoms. The first kappa shape index (κ1) is 25.9. The van der Waals surface area contributed by atoms with Gasteiger partial charge in [-0.15, -0.1) is 0 Å². The first-order valence-electron chi connectivity index (χ1n) is 12.0. The summed E-state index contributed by atoms with van der Waals surface area (Å²) in [6.07, 6.45) is -3.70. The Morgan fingerprint density at radius 2 is 1.79 bits per heavy atom. The molecule has 1 saturated heterocycles. The molecule has 2 aromatic carbocycles. The maximum absolute atomic E-state index is 13.1. The Hall–Kier alpha value is -4.68. The Balaban J connectivity index is 1.52. The number of nitrogens with one attached hydrogen (secondary N) is 1. The number of carboxylic acid groups (broad SMARTS) is 1. The normalized spacial score (nSPS) is 14.4. The van der Waals surface area contributed by atoms with Crippen LogP contribution in [-0.2, 0) is 15.8 Å². The van der Waals surface area contributed by atoms with Crippen LogP contribution in [0.1, 0.15) is 25.3 Å². The molecule has 0 radical (unpaired) electrons. The predicted octanol–water partition coefficient (Wildman–Crippen LogP) is 5.36. The van der Waals surface area contributed by atoms with Gasteiger partial charge in [-0.05, 0) is 37.1 Å². The van der Waals surface area contributed by atoms with Crippen LogP contribution in [0, 0.1) is 5.92 Å². The van der Waals surface area contributed by atoms with Crippen LogP contribution in [0.25, 0.3) is 22.4 Å². The number of benzene rings is 2. The van der Waals surface area contributed by atoms with Crippen molar-refractivity contribution in [2.24, 2.45) is 5.92 Å². The molecule has 10 nitrogen and oxygen atoms in total. The summed E-state index contributed by atoms with van der Waals surface area (Å²) in [7, 11) is 0. The Bertz CT molecular complexity index is 1530. The van der Waals surface area contributed by atoms with Gasteiger partial charge in [0, 0.05) is 31.6 Å². The molecule has 3 heterocycles. The largest absolute Gasteiger partial charge is 0.481 e. The van der Waals surface area contributed by atoms with Gasteiger partial charge in [-0.2, -0.15) is 23.1 Å². The molecule has 0 aliphatic carbocycles. The zero-order valence-electron chi connectivity index (χ0n) is 20.5. The third-order valence-electron chi connectivity index (χ3n) is 6.21. The van der Waals surface area contributed by atoms with Crippen molar-refractivity contribution in [3.8, 4) is 22.9 Å². The number of hydrogen-bond acceptors (Lipinski definition) is 8. The molecule has 202 valence electrons. The average Bonchev–Trinajstić information content (AvgIpc) is 3.31. The van der Waals surface area contributed by atoms with Crippen molar-refractivity contribution < 1.29 is 37.0 Å². The third kappa shape index (κ3) is 5.76. The van der Waals surface area contributed by atoms with Crippen LogP contribution in [0.15, 0.2) is 52.9 Å². The number of ether oxygens (including phenoxy) is 1. The van der Waals surface area contributed by atoms with Gasteiger partial charge in [0.15, 0.2) is 16.8 Å². The number of anilines is 2. The van der Waals surface area contributed by atoms with Gasteiger partial charge in [-0.25, -0.2) is 4.98 Å². The minimum Gasteiger partial charge on any atom is -0.481 e. The lowest BCUT2D eigenvalue weighted by molar-refractivity contribution is -0.142. The second kappa shape index (κ2) is 10.2. The van der Waals surface area contributed by atoms with Gasteiger partial charge in [0.25, 0.3) is 0 Å². The molecule has 1 amide bonds. The highest BCUT2D eigenvalue weighted by molar-refractivity contribution is 5.89. The van der Waals surface area contributed by atoms with E-state index in [0.717, 1.165) is 12.1 Å². The number of oxazole rings is 1. The first-order chi connectivity index (χ1) is 18.6. The zero-order chi connectivity index (χ0) is 27.7. The maximum Gasteiger partial charge on any atom is 0.416 e. The number of carbonyl (C=O) groups is 2. The summed E-state index contributed by atoms with van der Waals surface area (Å²) in [4.78, 5) is 37.9. The maximum atomic E-state index is 13.1. The molecule has 39 heavy (non-hydrogen) atoms. The second-order valence-electron chi connectivity index (χ2n) is 8.97. The molecule has 5 rings (SSSR count). The predicted molar refractivity (Wildman–Crippen MR) is 133 cm³/mol. The SMILES string of the molecule is CC(=O)Nc1nc2c(Oc3cc(-c4ccc(C(F)(F)F)cc4)nc(N4CCC(C(=O)O)CC4)n3)cccc2o1. The van der Waals surface area contributed by atoms with E-state index in [9.17, 15) is 27.9 Å². The molecule has 2 N–H and O–H groups in total. The van der Waals surface area contributed by atoms with Gasteiger partial charge in [0.2, 0.25) is 17.7 Å². The Kier molecular flexibility index (Phi) is 6.81. The summed E-state index contributed by atoms with van der Waals surface area (Å²) in [5, 5.41) is 11.8. The Labute approximate surface area is 219 Å². The van der Waals surface area contributed by atoms with Crippen molar-refractivity contribution in [2.45, 2.75) is 25.9 Å². The standard InChI is InChI=1S/C26H22F3N5O5/c1-14(35)30-25-33-22-19(3-2-4-20(22)39-25)38-21-13-18(15-5-7-17(8-6-15)26(27,28)29)31-24(32-21)34-11-9-16(10-12-34)23(36)37/h2-8,13,16H,9-12H2,1H3,(H,36,37)(H,30,33,35). The van der Waals surface area contributed by atoms with Crippen LogP contribution < -0.4 is 15.0 Å². The first-order valence-corrected chi connectivity index (χ1v) is 12.0. The fourth-order valence-electron chi connectivity index (χ4n) is 4.23. The Morgan fingerprint density at radius 3 is 2.44 bits per heavy atom. The quantitative estimate of drug-likeness (QED) is 0.331. The summed E-state index contributed by atoms with van der Waals surface area (Å²) in [5.41, 5.74) is 0.601. The number of para-hydroxylation sites is 1. The van der Waals surface area contributed by atoms with E-state index >= 15 is 0 Å². The third-order valence-corrected chi connectivity index (χ3v) is 6.21. The number of piperidine rings is 1. The summed E-state index contributed by atoms with van der Waals surface area (Å²) in [6, 6.07) is 11.0. The highest BCUT2D eigenvalue weighted by Gasteiger charge is 2.30. The molecular weight excluding hydrogens is 519 g/mol. The van der Waals surface area contributed by atoms with E-state index in [4.69, 9.17) is 9.15 Å². The second-order valence-corrected chi connectivity index (χ2v) is 8.97. The van der Waals surface area contributed by atoms with E-state index in [2.05, 4.69) is 20.3 Å². The molecular formula is C26H22F3N5O5. The number of halogens is 3. The molecule has 0 bridgehead atoms. The molecule has 1 fully saturated rings. The zero-order valence-corrected chi connectivity index (χ0v) is 20.5.